The van der Waals surface area contributed by atoms with Crippen molar-refractivity contribution in [2.75, 3.05) is 31.1 Å². The van der Waals surface area contributed by atoms with E-state index >= 15 is 0 Å². The molecule has 0 saturated heterocycles. The third kappa shape index (κ3) is 6.07. The number of carbonyl (C=O) groups excluding carboxylic acids is 1. The Morgan fingerprint density at radius 3 is 2.43 bits per heavy atom. The molecular weight excluding hydrogens is 487 g/mol. The number of methoxy groups -OCH3 is 1. The van der Waals surface area contributed by atoms with Gasteiger partial charge in [0, 0.05) is 23.5 Å². The van der Waals surface area contributed by atoms with E-state index in [2.05, 4.69) is 20.6 Å². The summed E-state index contributed by atoms with van der Waals surface area (Å²) in [5.74, 6) is 0.965. The van der Waals surface area contributed by atoms with Crippen molar-refractivity contribution >= 4 is 51.7 Å². The molecule has 0 aliphatic rings. The van der Waals surface area contributed by atoms with Crippen LogP contribution in [0.15, 0.2) is 53.6 Å². The third-order valence-electron chi connectivity index (χ3n) is 5.29. The number of anilines is 4. The quantitative estimate of drug-likeness (QED) is 0.302. The summed E-state index contributed by atoms with van der Waals surface area (Å²) in [6.45, 7) is 6.59. The summed E-state index contributed by atoms with van der Waals surface area (Å²) in [4.78, 5) is 20.2. The molecule has 1 heterocycles. The topological polar surface area (TPSA) is 127 Å². The molecule has 0 radical (unpaired) electrons. The second kappa shape index (κ2) is 10.6. The summed E-state index contributed by atoms with van der Waals surface area (Å²) in [5, 5.41) is 6.21. The van der Waals surface area contributed by atoms with E-state index in [1.165, 1.54) is 19.4 Å². The fraction of sp³-hybridized carbons (Fsp3) is 0.292. The molecule has 0 atom stereocenters. The molecule has 0 aliphatic heterocycles. The van der Waals surface area contributed by atoms with Crippen molar-refractivity contribution in [3.8, 4) is 5.75 Å². The molecule has 3 rings (SSSR count). The highest BCUT2D eigenvalue weighted by Gasteiger charge is 2.23. The predicted octanol–water partition coefficient (Wildman–Crippen LogP) is 4.14. The van der Waals surface area contributed by atoms with Gasteiger partial charge in [-0.3, -0.25) is 0 Å². The maximum atomic E-state index is 12.9. The van der Waals surface area contributed by atoms with Crippen molar-refractivity contribution in [3.05, 3.63) is 54.2 Å². The molecule has 0 spiro atoms. The number of sulfone groups is 1. The van der Waals surface area contributed by atoms with Crippen molar-refractivity contribution < 1.29 is 22.5 Å². The van der Waals surface area contributed by atoms with E-state index in [1.807, 2.05) is 0 Å². The van der Waals surface area contributed by atoms with Crippen LogP contribution in [0.2, 0.25) is 0 Å². The number of para-hydroxylation sites is 1. The van der Waals surface area contributed by atoms with Crippen molar-refractivity contribution in [3.63, 3.8) is 0 Å². The fourth-order valence-electron chi connectivity index (χ4n) is 3.25. The van der Waals surface area contributed by atoms with E-state index in [0.717, 1.165) is 6.29 Å². The van der Waals surface area contributed by atoms with Gasteiger partial charge >= 0.3 is 0 Å². The van der Waals surface area contributed by atoms with Crippen molar-refractivity contribution in [1.82, 2.24) is 9.97 Å². The van der Waals surface area contributed by atoms with Crippen molar-refractivity contribution in [2.45, 2.75) is 30.4 Å². The Hall–Kier alpha value is -3.23. The van der Waals surface area contributed by atoms with E-state index < -0.39 is 22.2 Å². The van der Waals surface area contributed by atoms with E-state index in [9.17, 15) is 17.8 Å². The average molecular weight is 517 g/mol. The van der Waals surface area contributed by atoms with E-state index in [-0.39, 0.29) is 17.3 Å². The average Bonchev–Trinajstić information content (AvgIpc) is 2.80. The van der Waals surface area contributed by atoms with E-state index in [1.54, 1.807) is 63.6 Å². The molecule has 0 fully saturated rings. The first-order chi connectivity index (χ1) is 16.5. The standard InChI is InChI=1S/C24H29N4O5PS/c1-16(2)35(31,32)22-9-7-6-8-20(22)26-23-17(12-13-29)15-25-24(28-23)27-19-11-10-18(34(4,5)30)14-21(19)33-3/h6-11,13-16H,12H2,1-5H3,(H2,25,26,27,28). The van der Waals surface area contributed by atoms with Gasteiger partial charge in [-0.15, -0.1) is 0 Å². The summed E-state index contributed by atoms with van der Waals surface area (Å²) in [5.41, 5.74) is 1.41. The van der Waals surface area contributed by atoms with Gasteiger partial charge in [0.2, 0.25) is 5.95 Å². The zero-order valence-corrected chi connectivity index (χ0v) is 22.0. The lowest BCUT2D eigenvalue weighted by Crippen LogP contribution is -2.16. The van der Waals surface area contributed by atoms with Crippen LogP contribution in [-0.2, 0) is 25.6 Å². The highest BCUT2D eigenvalue weighted by Crippen LogP contribution is 2.38. The van der Waals surface area contributed by atoms with Gasteiger partial charge < -0.3 is 24.7 Å². The molecule has 1 aromatic heterocycles. The molecule has 9 nitrogen and oxygen atoms in total. The first-order valence-corrected chi connectivity index (χ1v) is 15.0. The molecule has 0 aliphatic carbocycles. The largest absolute Gasteiger partial charge is 0.495 e. The number of carbonyl (C=O) groups is 1. The van der Waals surface area contributed by atoms with E-state index in [0.29, 0.717) is 33.8 Å². The number of hydrogen-bond donors (Lipinski definition) is 2. The minimum atomic E-state index is -3.57. The number of aldehydes is 1. The Morgan fingerprint density at radius 2 is 1.80 bits per heavy atom. The van der Waals surface area contributed by atoms with Crippen LogP contribution in [-0.4, -0.2) is 50.4 Å². The summed E-state index contributed by atoms with van der Waals surface area (Å²) in [6.07, 6.45) is 2.27. The first kappa shape index (κ1) is 26.4. The van der Waals surface area contributed by atoms with Crippen molar-refractivity contribution in [2.24, 2.45) is 0 Å². The molecular formula is C24H29N4O5PS. The molecule has 0 bridgehead atoms. The smallest absolute Gasteiger partial charge is 0.229 e. The Bertz CT molecular complexity index is 1390. The number of nitrogens with zero attached hydrogens (tertiary/aromatic N) is 2. The second-order valence-corrected chi connectivity index (χ2v) is 14.2. The van der Waals surface area contributed by atoms with Gasteiger partial charge in [0.05, 0.1) is 28.6 Å². The van der Waals surface area contributed by atoms with Gasteiger partial charge in [-0.2, -0.15) is 4.98 Å². The van der Waals surface area contributed by atoms with Crippen LogP contribution in [0.5, 0.6) is 5.75 Å². The molecule has 3 aromatic rings. The second-order valence-electron chi connectivity index (χ2n) is 8.51. The summed E-state index contributed by atoms with van der Waals surface area (Å²) < 4.78 is 43.6. The van der Waals surface area contributed by atoms with Crippen LogP contribution in [0, 0.1) is 0 Å². The van der Waals surface area contributed by atoms with Gasteiger partial charge in [-0.1, -0.05) is 12.1 Å². The lowest BCUT2D eigenvalue weighted by atomic mass is 10.2. The van der Waals surface area contributed by atoms with Crippen molar-refractivity contribution in [1.29, 1.82) is 0 Å². The van der Waals surface area contributed by atoms with Gasteiger partial charge in [0.15, 0.2) is 9.84 Å². The number of ether oxygens (including phenoxy) is 1. The number of hydrogen-bond acceptors (Lipinski definition) is 9. The molecule has 186 valence electrons. The minimum Gasteiger partial charge on any atom is -0.495 e. The minimum absolute atomic E-state index is 0.0437. The summed E-state index contributed by atoms with van der Waals surface area (Å²) in [6, 6.07) is 11.7. The van der Waals surface area contributed by atoms with E-state index in [4.69, 9.17) is 4.74 Å². The van der Waals surface area contributed by atoms with Crippen LogP contribution in [0.1, 0.15) is 19.4 Å². The normalized spacial score (nSPS) is 11.8. The van der Waals surface area contributed by atoms with Gasteiger partial charge in [-0.05, 0) is 57.5 Å². The first-order valence-electron chi connectivity index (χ1n) is 10.9. The summed E-state index contributed by atoms with van der Waals surface area (Å²) >= 11 is 0. The van der Waals surface area contributed by atoms with Crippen LogP contribution < -0.4 is 20.7 Å². The van der Waals surface area contributed by atoms with Crippen LogP contribution >= 0.6 is 7.14 Å². The Balaban J connectivity index is 2.02. The Morgan fingerprint density at radius 1 is 1.09 bits per heavy atom. The van der Waals surface area contributed by atoms with Crippen LogP contribution in [0.4, 0.5) is 23.1 Å². The fourth-order valence-corrected chi connectivity index (χ4v) is 5.32. The lowest BCUT2D eigenvalue weighted by molar-refractivity contribution is -0.107. The number of benzene rings is 2. The lowest BCUT2D eigenvalue weighted by Gasteiger charge is -2.17. The number of rotatable bonds is 10. The van der Waals surface area contributed by atoms with Crippen LogP contribution in [0.25, 0.3) is 0 Å². The zero-order chi connectivity index (χ0) is 25.8. The zero-order valence-electron chi connectivity index (χ0n) is 20.3. The third-order valence-corrected chi connectivity index (χ3v) is 9.02. The molecule has 2 aromatic carbocycles. The Labute approximate surface area is 205 Å². The van der Waals surface area contributed by atoms with Gasteiger partial charge in [0.1, 0.15) is 25.0 Å². The predicted molar refractivity (Wildman–Crippen MR) is 139 cm³/mol. The van der Waals surface area contributed by atoms with Gasteiger partial charge in [-0.25, -0.2) is 13.4 Å². The monoisotopic (exact) mass is 516 g/mol. The highest BCUT2D eigenvalue weighted by atomic mass is 32.2. The highest BCUT2D eigenvalue weighted by molar-refractivity contribution is 7.92. The SMILES string of the molecule is COc1cc(P(C)(C)=O)ccc1Nc1ncc(CC=O)c(Nc2ccccc2S(=O)(=O)C(C)C)n1. The number of aromatic nitrogens is 2. The maximum Gasteiger partial charge on any atom is 0.229 e. The molecule has 0 saturated carbocycles. The van der Waals surface area contributed by atoms with Crippen LogP contribution in [0.3, 0.4) is 0 Å². The summed E-state index contributed by atoms with van der Waals surface area (Å²) in [7, 11) is -4.54. The van der Waals surface area contributed by atoms with Gasteiger partial charge in [0.25, 0.3) is 0 Å². The Kier molecular flexibility index (Phi) is 7.97. The molecule has 11 heteroatoms. The number of nitrogens with one attached hydrogen (secondary N) is 2. The molecule has 35 heavy (non-hydrogen) atoms. The molecule has 0 amide bonds. The maximum absolute atomic E-state index is 12.9. The molecule has 2 N–H and O–H groups in total. The molecule has 0 unspecified atom stereocenters.